The summed E-state index contributed by atoms with van der Waals surface area (Å²) in [7, 11) is 2.16. The summed E-state index contributed by atoms with van der Waals surface area (Å²) in [6, 6.07) is 8.71. The SMILES string of the molecule is CN1CCN(c2cccc(C3CC(C(=O)O)CN3)c2)CC1. The lowest BCUT2D eigenvalue weighted by Gasteiger charge is -2.34. The lowest BCUT2D eigenvalue weighted by Crippen LogP contribution is -2.44. The number of benzene rings is 1. The Bertz CT molecular complexity index is 512. The molecule has 2 heterocycles. The Morgan fingerprint density at radius 1 is 1.29 bits per heavy atom. The van der Waals surface area contributed by atoms with Gasteiger partial charge in [0.15, 0.2) is 0 Å². The number of carboxylic acids is 1. The molecule has 0 spiro atoms. The molecular weight excluding hydrogens is 266 g/mol. The Labute approximate surface area is 125 Å². The monoisotopic (exact) mass is 289 g/mol. The van der Waals surface area contributed by atoms with Crippen LogP contribution in [0.5, 0.6) is 0 Å². The molecule has 3 rings (SSSR count). The van der Waals surface area contributed by atoms with E-state index in [0.717, 1.165) is 26.2 Å². The highest BCUT2D eigenvalue weighted by Gasteiger charge is 2.30. The third kappa shape index (κ3) is 3.19. The van der Waals surface area contributed by atoms with Gasteiger partial charge in [-0.3, -0.25) is 4.79 Å². The minimum Gasteiger partial charge on any atom is -0.481 e. The standard InChI is InChI=1S/C16H23N3O2/c1-18-5-7-19(8-6-18)14-4-2-3-12(9-14)15-10-13(11-17-15)16(20)21/h2-4,9,13,15,17H,5-8,10-11H2,1H3,(H,20,21). The molecule has 2 aliphatic heterocycles. The van der Waals surface area contributed by atoms with E-state index in [0.29, 0.717) is 13.0 Å². The Hall–Kier alpha value is -1.59. The van der Waals surface area contributed by atoms with Crippen LogP contribution in [0.15, 0.2) is 24.3 Å². The molecule has 0 radical (unpaired) electrons. The van der Waals surface area contributed by atoms with Crippen LogP contribution < -0.4 is 10.2 Å². The van der Waals surface area contributed by atoms with Gasteiger partial charge in [-0.05, 0) is 31.2 Å². The van der Waals surface area contributed by atoms with Gasteiger partial charge < -0.3 is 20.2 Å². The number of anilines is 1. The van der Waals surface area contributed by atoms with Gasteiger partial charge in [-0.25, -0.2) is 0 Å². The normalized spacial score (nSPS) is 27.0. The summed E-state index contributed by atoms with van der Waals surface area (Å²) < 4.78 is 0. The fraction of sp³-hybridized carbons (Fsp3) is 0.562. The van der Waals surface area contributed by atoms with E-state index in [-0.39, 0.29) is 12.0 Å². The second-order valence-corrected chi connectivity index (χ2v) is 6.12. The van der Waals surface area contributed by atoms with Crippen molar-refractivity contribution in [1.29, 1.82) is 0 Å². The highest BCUT2D eigenvalue weighted by molar-refractivity contribution is 5.70. The minimum absolute atomic E-state index is 0.165. The predicted octanol–water partition coefficient (Wildman–Crippen LogP) is 1.17. The summed E-state index contributed by atoms with van der Waals surface area (Å²) in [5, 5.41) is 12.4. The van der Waals surface area contributed by atoms with Crippen molar-refractivity contribution in [3.05, 3.63) is 29.8 Å². The third-order valence-electron chi connectivity index (χ3n) is 4.62. The summed E-state index contributed by atoms with van der Waals surface area (Å²) >= 11 is 0. The number of hydrogen-bond acceptors (Lipinski definition) is 4. The maximum absolute atomic E-state index is 11.1. The van der Waals surface area contributed by atoms with Crippen molar-refractivity contribution < 1.29 is 9.90 Å². The van der Waals surface area contributed by atoms with Crippen LogP contribution in [0.3, 0.4) is 0 Å². The van der Waals surface area contributed by atoms with Crippen LogP contribution in [0.1, 0.15) is 18.0 Å². The van der Waals surface area contributed by atoms with E-state index < -0.39 is 5.97 Å². The smallest absolute Gasteiger partial charge is 0.307 e. The van der Waals surface area contributed by atoms with Gasteiger partial charge in [-0.1, -0.05) is 12.1 Å². The number of nitrogens with one attached hydrogen (secondary N) is 1. The van der Waals surface area contributed by atoms with Gasteiger partial charge >= 0.3 is 5.97 Å². The number of carbonyl (C=O) groups is 1. The van der Waals surface area contributed by atoms with Crippen molar-refractivity contribution in [2.75, 3.05) is 44.7 Å². The van der Waals surface area contributed by atoms with Crippen LogP contribution in [0.4, 0.5) is 5.69 Å². The molecule has 2 aliphatic rings. The van der Waals surface area contributed by atoms with Crippen molar-refractivity contribution >= 4 is 11.7 Å². The summed E-state index contributed by atoms with van der Waals surface area (Å²) in [6.45, 7) is 4.85. The molecule has 1 aromatic carbocycles. The van der Waals surface area contributed by atoms with Gasteiger partial charge in [0.25, 0.3) is 0 Å². The molecule has 1 aromatic rings. The van der Waals surface area contributed by atoms with Crippen LogP contribution in [0.25, 0.3) is 0 Å². The first-order valence-electron chi connectivity index (χ1n) is 7.63. The summed E-state index contributed by atoms with van der Waals surface area (Å²) in [4.78, 5) is 15.8. The largest absolute Gasteiger partial charge is 0.481 e. The van der Waals surface area contributed by atoms with Crippen molar-refractivity contribution in [2.24, 2.45) is 5.92 Å². The molecule has 0 aromatic heterocycles. The zero-order valence-corrected chi connectivity index (χ0v) is 12.5. The number of carboxylic acid groups (broad SMARTS) is 1. The van der Waals surface area contributed by atoms with E-state index in [1.54, 1.807) is 0 Å². The molecule has 2 unspecified atom stereocenters. The minimum atomic E-state index is -0.694. The van der Waals surface area contributed by atoms with E-state index in [1.165, 1.54) is 11.3 Å². The molecule has 5 heteroatoms. The Morgan fingerprint density at radius 3 is 2.71 bits per heavy atom. The second-order valence-electron chi connectivity index (χ2n) is 6.12. The van der Waals surface area contributed by atoms with Gasteiger partial charge in [-0.2, -0.15) is 0 Å². The third-order valence-corrected chi connectivity index (χ3v) is 4.62. The highest BCUT2D eigenvalue weighted by Crippen LogP contribution is 2.29. The first-order chi connectivity index (χ1) is 10.1. The van der Waals surface area contributed by atoms with E-state index in [4.69, 9.17) is 5.11 Å². The van der Waals surface area contributed by atoms with E-state index in [1.807, 2.05) is 0 Å². The number of piperazine rings is 1. The number of likely N-dealkylation sites (N-methyl/N-ethyl adjacent to an activating group) is 1. The predicted molar refractivity (Wildman–Crippen MR) is 82.6 cm³/mol. The topological polar surface area (TPSA) is 55.8 Å². The van der Waals surface area contributed by atoms with Gasteiger partial charge in [0, 0.05) is 44.5 Å². The van der Waals surface area contributed by atoms with Crippen molar-refractivity contribution in [2.45, 2.75) is 12.5 Å². The summed E-state index contributed by atoms with van der Waals surface area (Å²) in [5.41, 5.74) is 2.45. The molecule has 0 saturated carbocycles. The lowest BCUT2D eigenvalue weighted by atomic mass is 9.99. The molecule has 0 amide bonds. The Morgan fingerprint density at radius 2 is 2.05 bits per heavy atom. The summed E-state index contributed by atoms with van der Waals surface area (Å²) in [5.74, 6) is -0.956. The van der Waals surface area contributed by atoms with Gasteiger partial charge in [0.2, 0.25) is 0 Å². The van der Waals surface area contributed by atoms with Crippen LogP contribution in [0.2, 0.25) is 0 Å². The van der Waals surface area contributed by atoms with E-state index in [2.05, 4.69) is 46.4 Å². The summed E-state index contributed by atoms with van der Waals surface area (Å²) in [6.07, 6.45) is 0.682. The molecule has 2 saturated heterocycles. The van der Waals surface area contributed by atoms with Crippen molar-refractivity contribution in [1.82, 2.24) is 10.2 Å². The average molecular weight is 289 g/mol. The molecule has 2 atom stereocenters. The van der Waals surface area contributed by atoms with Crippen LogP contribution in [-0.2, 0) is 4.79 Å². The first kappa shape index (κ1) is 14.4. The Kier molecular flexibility index (Phi) is 4.12. The first-order valence-corrected chi connectivity index (χ1v) is 7.63. The fourth-order valence-corrected chi connectivity index (χ4v) is 3.18. The maximum Gasteiger partial charge on any atom is 0.307 e. The van der Waals surface area contributed by atoms with Crippen LogP contribution in [0, 0.1) is 5.92 Å². The number of rotatable bonds is 3. The zero-order valence-electron chi connectivity index (χ0n) is 12.5. The molecule has 0 bridgehead atoms. The van der Waals surface area contributed by atoms with E-state index in [9.17, 15) is 4.79 Å². The van der Waals surface area contributed by atoms with Crippen molar-refractivity contribution in [3.63, 3.8) is 0 Å². The highest BCUT2D eigenvalue weighted by atomic mass is 16.4. The quantitative estimate of drug-likeness (QED) is 0.875. The van der Waals surface area contributed by atoms with E-state index >= 15 is 0 Å². The maximum atomic E-state index is 11.1. The number of hydrogen-bond donors (Lipinski definition) is 2. The molecule has 21 heavy (non-hydrogen) atoms. The average Bonchev–Trinajstić information content (AvgIpc) is 2.98. The van der Waals surface area contributed by atoms with Crippen molar-refractivity contribution in [3.8, 4) is 0 Å². The Balaban J connectivity index is 1.70. The van der Waals surface area contributed by atoms with Crippen LogP contribution >= 0.6 is 0 Å². The second kappa shape index (κ2) is 6.03. The zero-order chi connectivity index (χ0) is 14.8. The number of aliphatic carboxylic acids is 1. The lowest BCUT2D eigenvalue weighted by molar-refractivity contribution is -0.141. The molecule has 2 N–H and O–H groups in total. The van der Waals surface area contributed by atoms with Gasteiger partial charge in [0.05, 0.1) is 5.92 Å². The molecule has 0 aliphatic carbocycles. The van der Waals surface area contributed by atoms with Gasteiger partial charge in [-0.15, -0.1) is 0 Å². The fourth-order valence-electron chi connectivity index (χ4n) is 3.18. The number of nitrogens with zero attached hydrogens (tertiary/aromatic N) is 2. The molecule has 2 fully saturated rings. The van der Waals surface area contributed by atoms with Crippen LogP contribution in [-0.4, -0.2) is 55.7 Å². The molecule has 114 valence electrons. The molecule has 5 nitrogen and oxygen atoms in total. The molecular formula is C16H23N3O2. The van der Waals surface area contributed by atoms with Gasteiger partial charge in [0.1, 0.15) is 0 Å².